The Balaban J connectivity index is 1.77. The van der Waals surface area contributed by atoms with Crippen LogP contribution in [0, 0.1) is 5.92 Å². The molecule has 20 heavy (non-hydrogen) atoms. The fourth-order valence-corrected chi connectivity index (χ4v) is 2.77. The summed E-state index contributed by atoms with van der Waals surface area (Å²) in [5.41, 5.74) is 0.959. The summed E-state index contributed by atoms with van der Waals surface area (Å²) in [6.07, 6.45) is 5.32. The third-order valence-electron chi connectivity index (χ3n) is 3.93. The number of ether oxygens (including phenoxy) is 1. The van der Waals surface area contributed by atoms with Gasteiger partial charge < -0.3 is 15.2 Å². The van der Waals surface area contributed by atoms with Crippen LogP contribution in [0.2, 0.25) is 0 Å². The predicted octanol–water partition coefficient (Wildman–Crippen LogP) is 2.85. The molecule has 110 valence electrons. The summed E-state index contributed by atoms with van der Waals surface area (Å²) in [4.78, 5) is 11.8. The number of hydrogen-bond acceptors (Lipinski definition) is 3. The molecule has 4 nitrogen and oxygen atoms in total. The first-order chi connectivity index (χ1) is 9.79. The highest BCUT2D eigenvalue weighted by atomic mass is 16.5. The van der Waals surface area contributed by atoms with E-state index in [0.717, 1.165) is 18.4 Å². The summed E-state index contributed by atoms with van der Waals surface area (Å²) in [5.74, 6) is 0.373. The molecule has 1 aromatic rings. The normalized spacial score (nSPS) is 17.4. The summed E-state index contributed by atoms with van der Waals surface area (Å²) in [5, 5.41) is 12.2. The van der Waals surface area contributed by atoms with Crippen LogP contribution in [-0.4, -0.2) is 23.8 Å². The van der Waals surface area contributed by atoms with Gasteiger partial charge >= 0.3 is 6.09 Å². The number of aliphatic hydroxyl groups excluding tert-OH is 1. The molecule has 1 aliphatic carbocycles. The average molecular weight is 277 g/mol. The molecular weight excluding hydrogens is 254 g/mol. The predicted molar refractivity (Wildman–Crippen MR) is 77.2 cm³/mol. The van der Waals surface area contributed by atoms with Crippen LogP contribution in [0.5, 0.6) is 0 Å². The Labute approximate surface area is 120 Å². The van der Waals surface area contributed by atoms with Crippen LogP contribution in [0.1, 0.15) is 37.7 Å². The minimum absolute atomic E-state index is 0.0227. The highest BCUT2D eigenvalue weighted by molar-refractivity contribution is 5.67. The van der Waals surface area contributed by atoms with Gasteiger partial charge in [-0.15, -0.1) is 0 Å². The number of hydrogen-bond donors (Lipinski definition) is 2. The van der Waals surface area contributed by atoms with Crippen molar-refractivity contribution >= 4 is 6.09 Å². The van der Waals surface area contributed by atoms with Crippen LogP contribution in [0.3, 0.4) is 0 Å². The third kappa shape index (κ3) is 4.53. The van der Waals surface area contributed by atoms with Crippen molar-refractivity contribution in [2.24, 2.45) is 5.92 Å². The molecule has 0 saturated heterocycles. The van der Waals surface area contributed by atoms with Gasteiger partial charge in [-0.2, -0.15) is 0 Å². The SMILES string of the molecule is O=C(N[C@H](CO)C1CCCCC1)OCc1ccccc1. The lowest BCUT2D eigenvalue weighted by Gasteiger charge is -2.29. The monoisotopic (exact) mass is 277 g/mol. The van der Waals surface area contributed by atoms with Gasteiger partial charge in [-0.25, -0.2) is 4.79 Å². The number of carbonyl (C=O) groups excluding carboxylic acids is 1. The zero-order valence-corrected chi connectivity index (χ0v) is 11.8. The van der Waals surface area contributed by atoms with Crippen molar-refractivity contribution in [1.82, 2.24) is 5.32 Å². The van der Waals surface area contributed by atoms with Gasteiger partial charge in [0.05, 0.1) is 12.6 Å². The molecule has 1 fully saturated rings. The number of benzene rings is 1. The lowest BCUT2D eigenvalue weighted by atomic mass is 9.84. The van der Waals surface area contributed by atoms with Crippen LogP contribution < -0.4 is 5.32 Å². The van der Waals surface area contributed by atoms with Crippen molar-refractivity contribution in [2.75, 3.05) is 6.61 Å². The zero-order chi connectivity index (χ0) is 14.2. The quantitative estimate of drug-likeness (QED) is 0.870. The number of nitrogens with one attached hydrogen (secondary N) is 1. The first kappa shape index (κ1) is 14.9. The Morgan fingerprint density at radius 2 is 1.95 bits per heavy atom. The summed E-state index contributed by atoms with van der Waals surface area (Å²) in [6, 6.07) is 9.40. The Hall–Kier alpha value is -1.55. The highest BCUT2D eigenvalue weighted by Crippen LogP contribution is 2.26. The largest absolute Gasteiger partial charge is 0.445 e. The number of rotatable bonds is 5. The second kappa shape index (κ2) is 7.90. The lowest BCUT2D eigenvalue weighted by molar-refractivity contribution is 0.115. The van der Waals surface area contributed by atoms with Crippen molar-refractivity contribution in [3.05, 3.63) is 35.9 Å². The first-order valence-corrected chi connectivity index (χ1v) is 7.37. The molecule has 0 unspecified atom stereocenters. The molecule has 1 atom stereocenters. The summed E-state index contributed by atoms with van der Waals surface area (Å²) >= 11 is 0. The van der Waals surface area contributed by atoms with E-state index in [-0.39, 0.29) is 19.3 Å². The molecule has 0 heterocycles. The molecule has 0 aliphatic heterocycles. The molecule has 4 heteroatoms. The second-order valence-corrected chi connectivity index (χ2v) is 5.39. The minimum Gasteiger partial charge on any atom is -0.445 e. The summed E-state index contributed by atoms with van der Waals surface area (Å²) in [7, 11) is 0. The van der Waals surface area contributed by atoms with Gasteiger partial charge in [0, 0.05) is 0 Å². The minimum atomic E-state index is -0.446. The molecule has 0 spiro atoms. The summed E-state index contributed by atoms with van der Waals surface area (Å²) < 4.78 is 5.19. The maximum absolute atomic E-state index is 11.8. The molecule has 2 N–H and O–H groups in total. The number of alkyl carbamates (subject to hydrolysis) is 1. The molecule has 0 radical (unpaired) electrons. The molecule has 2 rings (SSSR count). The van der Waals surface area contributed by atoms with E-state index in [1.165, 1.54) is 19.3 Å². The van der Waals surface area contributed by atoms with Gasteiger partial charge in [-0.05, 0) is 24.3 Å². The van der Waals surface area contributed by atoms with E-state index in [1.54, 1.807) is 0 Å². The van der Waals surface area contributed by atoms with Gasteiger partial charge in [0.25, 0.3) is 0 Å². The molecule has 0 bridgehead atoms. The Kier molecular flexibility index (Phi) is 5.87. The molecule has 1 saturated carbocycles. The van der Waals surface area contributed by atoms with E-state index >= 15 is 0 Å². The van der Waals surface area contributed by atoms with Crippen LogP contribution in [0.4, 0.5) is 4.79 Å². The molecule has 1 aromatic carbocycles. The Morgan fingerprint density at radius 1 is 1.25 bits per heavy atom. The van der Waals surface area contributed by atoms with Gasteiger partial charge in [0.2, 0.25) is 0 Å². The van der Waals surface area contributed by atoms with Gasteiger partial charge in [0.15, 0.2) is 0 Å². The van der Waals surface area contributed by atoms with Gasteiger partial charge in [-0.3, -0.25) is 0 Å². The first-order valence-electron chi connectivity index (χ1n) is 7.37. The number of aliphatic hydroxyl groups is 1. The average Bonchev–Trinajstić information content (AvgIpc) is 2.52. The zero-order valence-electron chi connectivity index (χ0n) is 11.8. The van der Waals surface area contributed by atoms with Crippen LogP contribution in [0.25, 0.3) is 0 Å². The standard InChI is InChI=1S/C16H23NO3/c18-11-15(14-9-5-2-6-10-14)17-16(19)20-12-13-7-3-1-4-8-13/h1,3-4,7-8,14-15,18H,2,5-6,9-12H2,(H,17,19)/t15-/m1/s1. The molecule has 1 aliphatic rings. The second-order valence-electron chi connectivity index (χ2n) is 5.39. The Morgan fingerprint density at radius 3 is 2.60 bits per heavy atom. The fraction of sp³-hybridized carbons (Fsp3) is 0.562. The maximum Gasteiger partial charge on any atom is 0.407 e. The van der Waals surface area contributed by atoms with E-state index < -0.39 is 6.09 Å². The molecule has 1 amide bonds. The van der Waals surface area contributed by atoms with Crippen LogP contribution in [-0.2, 0) is 11.3 Å². The topological polar surface area (TPSA) is 58.6 Å². The van der Waals surface area contributed by atoms with E-state index in [9.17, 15) is 9.90 Å². The van der Waals surface area contributed by atoms with Crippen molar-refractivity contribution in [1.29, 1.82) is 0 Å². The molecule has 0 aromatic heterocycles. The van der Waals surface area contributed by atoms with E-state index in [4.69, 9.17) is 4.74 Å². The fourth-order valence-electron chi connectivity index (χ4n) is 2.77. The Bertz CT molecular complexity index is 401. The van der Waals surface area contributed by atoms with Crippen molar-refractivity contribution in [2.45, 2.75) is 44.8 Å². The molecular formula is C16H23NO3. The van der Waals surface area contributed by atoms with Crippen LogP contribution >= 0.6 is 0 Å². The van der Waals surface area contributed by atoms with Crippen LogP contribution in [0.15, 0.2) is 30.3 Å². The van der Waals surface area contributed by atoms with Gasteiger partial charge in [0.1, 0.15) is 6.61 Å². The van der Waals surface area contributed by atoms with Crippen molar-refractivity contribution in [3.8, 4) is 0 Å². The van der Waals surface area contributed by atoms with Crippen molar-refractivity contribution in [3.63, 3.8) is 0 Å². The number of carbonyl (C=O) groups is 1. The third-order valence-corrected chi connectivity index (χ3v) is 3.93. The number of amides is 1. The maximum atomic E-state index is 11.8. The lowest BCUT2D eigenvalue weighted by Crippen LogP contribution is -2.43. The van der Waals surface area contributed by atoms with Crippen molar-refractivity contribution < 1.29 is 14.6 Å². The summed E-state index contributed by atoms with van der Waals surface area (Å²) in [6.45, 7) is 0.237. The van der Waals surface area contributed by atoms with E-state index in [2.05, 4.69) is 5.32 Å². The van der Waals surface area contributed by atoms with E-state index in [0.29, 0.717) is 5.92 Å². The van der Waals surface area contributed by atoms with Gasteiger partial charge in [-0.1, -0.05) is 49.6 Å². The smallest absolute Gasteiger partial charge is 0.407 e. The van der Waals surface area contributed by atoms with E-state index in [1.807, 2.05) is 30.3 Å². The highest BCUT2D eigenvalue weighted by Gasteiger charge is 2.24.